The van der Waals surface area contributed by atoms with Crippen LogP contribution >= 0.6 is 0 Å². The van der Waals surface area contributed by atoms with Crippen molar-refractivity contribution in [2.24, 2.45) is 0 Å². The van der Waals surface area contributed by atoms with Crippen molar-refractivity contribution in [3.05, 3.63) is 90.0 Å². The number of unbranched alkanes of at least 4 members (excludes halogenated alkanes) is 1. The molecule has 1 unspecified atom stereocenters. The third-order valence-corrected chi connectivity index (χ3v) is 5.14. The van der Waals surface area contributed by atoms with E-state index >= 15 is 0 Å². The zero-order valence-electron chi connectivity index (χ0n) is 19.1. The molecule has 0 saturated carbocycles. The molecule has 0 radical (unpaired) electrons. The first-order valence-electron chi connectivity index (χ1n) is 11.3. The molecule has 33 heavy (non-hydrogen) atoms. The number of benzene rings is 3. The van der Waals surface area contributed by atoms with Crippen LogP contribution in [0.1, 0.15) is 48.7 Å². The smallest absolute Gasteiger partial charge is 0.251 e. The molecule has 0 heterocycles. The van der Waals surface area contributed by atoms with E-state index in [1.165, 1.54) is 0 Å². The van der Waals surface area contributed by atoms with Gasteiger partial charge in [-0.25, -0.2) is 0 Å². The summed E-state index contributed by atoms with van der Waals surface area (Å²) in [6.07, 6.45) is 2.03. The van der Waals surface area contributed by atoms with Crippen molar-refractivity contribution in [2.75, 3.05) is 23.8 Å². The number of amides is 2. The summed E-state index contributed by atoms with van der Waals surface area (Å²) in [5.74, 6) is 0.317. The number of anilines is 2. The van der Waals surface area contributed by atoms with E-state index in [-0.39, 0.29) is 24.4 Å². The van der Waals surface area contributed by atoms with E-state index in [9.17, 15) is 9.59 Å². The standard InChI is InChI=1S/C27H31N3O3/c1-3-4-17-33-25-16-9-8-15-24(25)28-19-26(31)30-23-14-10-13-22(18-23)27(32)29-20(2)21-11-6-5-7-12-21/h5-16,18,20,28H,3-4,17,19H2,1-2H3,(H,29,32)(H,30,31). The molecular formula is C27H31N3O3. The molecule has 2 amide bonds. The maximum Gasteiger partial charge on any atom is 0.251 e. The number of carbonyl (C=O) groups excluding carboxylic acids is 2. The van der Waals surface area contributed by atoms with Gasteiger partial charge >= 0.3 is 0 Å². The highest BCUT2D eigenvalue weighted by atomic mass is 16.5. The molecule has 0 aliphatic carbocycles. The van der Waals surface area contributed by atoms with Crippen molar-refractivity contribution >= 4 is 23.2 Å². The van der Waals surface area contributed by atoms with Gasteiger partial charge in [-0.05, 0) is 49.2 Å². The lowest BCUT2D eigenvalue weighted by Gasteiger charge is -2.15. The Bertz CT molecular complexity index is 1050. The predicted octanol–water partition coefficient (Wildman–Crippen LogP) is 5.41. The van der Waals surface area contributed by atoms with Gasteiger partial charge in [-0.15, -0.1) is 0 Å². The summed E-state index contributed by atoms with van der Waals surface area (Å²) in [4.78, 5) is 25.2. The molecule has 6 heteroatoms. The van der Waals surface area contributed by atoms with Gasteiger partial charge in [0.1, 0.15) is 5.75 Å². The normalized spacial score (nSPS) is 11.3. The average Bonchev–Trinajstić information content (AvgIpc) is 2.84. The highest BCUT2D eigenvalue weighted by Gasteiger charge is 2.12. The first kappa shape index (κ1) is 23.9. The molecule has 0 saturated heterocycles. The van der Waals surface area contributed by atoms with E-state index in [2.05, 4.69) is 22.9 Å². The van der Waals surface area contributed by atoms with Crippen LogP contribution in [0.5, 0.6) is 5.75 Å². The van der Waals surface area contributed by atoms with Gasteiger partial charge < -0.3 is 20.7 Å². The minimum atomic E-state index is -0.214. The van der Waals surface area contributed by atoms with Crippen LogP contribution in [0.25, 0.3) is 0 Å². The third-order valence-electron chi connectivity index (χ3n) is 5.14. The van der Waals surface area contributed by atoms with Gasteiger partial charge in [0.05, 0.1) is 24.9 Å². The summed E-state index contributed by atoms with van der Waals surface area (Å²) >= 11 is 0. The molecule has 3 N–H and O–H groups in total. The maximum absolute atomic E-state index is 12.7. The van der Waals surface area contributed by atoms with Crippen LogP contribution in [0.15, 0.2) is 78.9 Å². The van der Waals surface area contributed by atoms with Crippen LogP contribution in [0.2, 0.25) is 0 Å². The molecule has 0 aliphatic heterocycles. The highest BCUT2D eigenvalue weighted by molar-refractivity contribution is 5.98. The third kappa shape index (κ3) is 7.38. The number of rotatable bonds is 11. The van der Waals surface area contributed by atoms with Crippen molar-refractivity contribution in [3.8, 4) is 5.75 Å². The van der Waals surface area contributed by atoms with Gasteiger partial charge in [0.15, 0.2) is 0 Å². The molecule has 1 atom stereocenters. The average molecular weight is 446 g/mol. The molecule has 3 aromatic rings. The number of para-hydroxylation sites is 2. The van der Waals surface area contributed by atoms with Crippen molar-refractivity contribution in [1.29, 1.82) is 0 Å². The van der Waals surface area contributed by atoms with Crippen LogP contribution in [0, 0.1) is 0 Å². The molecule has 0 spiro atoms. The Kier molecular flexibility index (Phi) is 8.88. The van der Waals surface area contributed by atoms with Crippen molar-refractivity contribution < 1.29 is 14.3 Å². The lowest BCUT2D eigenvalue weighted by atomic mass is 10.1. The molecule has 0 aliphatic rings. The second-order valence-corrected chi connectivity index (χ2v) is 7.79. The van der Waals surface area contributed by atoms with Crippen molar-refractivity contribution in [1.82, 2.24) is 5.32 Å². The highest BCUT2D eigenvalue weighted by Crippen LogP contribution is 2.24. The van der Waals surface area contributed by atoms with Crippen LogP contribution in [0.4, 0.5) is 11.4 Å². The van der Waals surface area contributed by atoms with E-state index in [0.717, 1.165) is 29.8 Å². The van der Waals surface area contributed by atoms with Gasteiger partial charge in [-0.3, -0.25) is 9.59 Å². The maximum atomic E-state index is 12.7. The van der Waals surface area contributed by atoms with E-state index < -0.39 is 0 Å². The van der Waals surface area contributed by atoms with Crippen LogP contribution in [-0.2, 0) is 4.79 Å². The minimum absolute atomic E-state index is 0.0790. The molecule has 172 valence electrons. The Balaban J connectivity index is 1.55. The van der Waals surface area contributed by atoms with Gasteiger partial charge in [0.25, 0.3) is 5.91 Å². The van der Waals surface area contributed by atoms with Crippen LogP contribution in [-0.4, -0.2) is 25.0 Å². The summed E-state index contributed by atoms with van der Waals surface area (Å²) in [6.45, 7) is 4.77. The topological polar surface area (TPSA) is 79.5 Å². The lowest BCUT2D eigenvalue weighted by molar-refractivity contribution is -0.114. The van der Waals surface area contributed by atoms with Crippen LogP contribution in [0.3, 0.4) is 0 Å². The second kappa shape index (κ2) is 12.3. The minimum Gasteiger partial charge on any atom is -0.491 e. The Morgan fingerprint density at radius 2 is 1.70 bits per heavy atom. The first-order chi connectivity index (χ1) is 16.1. The Morgan fingerprint density at radius 1 is 0.939 bits per heavy atom. The fourth-order valence-electron chi connectivity index (χ4n) is 3.29. The first-order valence-corrected chi connectivity index (χ1v) is 11.3. The summed E-state index contributed by atoms with van der Waals surface area (Å²) < 4.78 is 5.80. The lowest BCUT2D eigenvalue weighted by Crippen LogP contribution is -2.27. The van der Waals surface area contributed by atoms with E-state index in [4.69, 9.17) is 4.74 Å². The number of hydrogen-bond donors (Lipinski definition) is 3. The molecule has 0 aromatic heterocycles. The van der Waals surface area contributed by atoms with Gasteiger partial charge in [0, 0.05) is 11.3 Å². The molecule has 3 aromatic carbocycles. The Labute approximate surface area is 195 Å². The van der Waals surface area contributed by atoms with Gasteiger partial charge in [0.2, 0.25) is 5.91 Å². The number of ether oxygens (including phenoxy) is 1. The Hall–Kier alpha value is -3.80. The second-order valence-electron chi connectivity index (χ2n) is 7.79. The quantitative estimate of drug-likeness (QED) is 0.345. The number of nitrogens with one attached hydrogen (secondary N) is 3. The Morgan fingerprint density at radius 3 is 2.48 bits per heavy atom. The van der Waals surface area contributed by atoms with Crippen LogP contribution < -0.4 is 20.7 Å². The van der Waals surface area contributed by atoms with E-state index in [1.54, 1.807) is 24.3 Å². The SMILES string of the molecule is CCCCOc1ccccc1NCC(=O)Nc1cccc(C(=O)NC(C)c2ccccc2)c1. The summed E-state index contributed by atoms with van der Waals surface area (Å²) in [5, 5.41) is 8.96. The monoisotopic (exact) mass is 445 g/mol. The predicted molar refractivity (Wildman–Crippen MR) is 133 cm³/mol. The van der Waals surface area contributed by atoms with E-state index in [0.29, 0.717) is 17.9 Å². The fraction of sp³-hybridized carbons (Fsp3) is 0.259. The number of hydrogen-bond acceptors (Lipinski definition) is 4. The largest absolute Gasteiger partial charge is 0.491 e. The fourth-order valence-corrected chi connectivity index (χ4v) is 3.29. The molecule has 0 fully saturated rings. The molecule has 3 rings (SSSR count). The van der Waals surface area contributed by atoms with Gasteiger partial charge in [-0.2, -0.15) is 0 Å². The molecular weight excluding hydrogens is 414 g/mol. The molecule has 0 bridgehead atoms. The zero-order chi connectivity index (χ0) is 23.5. The summed E-state index contributed by atoms with van der Waals surface area (Å²) in [6, 6.07) is 24.1. The van der Waals surface area contributed by atoms with Gasteiger partial charge in [-0.1, -0.05) is 61.9 Å². The molecule has 6 nitrogen and oxygen atoms in total. The van der Waals surface area contributed by atoms with E-state index in [1.807, 2.05) is 61.5 Å². The van der Waals surface area contributed by atoms with Crippen molar-refractivity contribution in [2.45, 2.75) is 32.7 Å². The summed E-state index contributed by atoms with van der Waals surface area (Å²) in [7, 11) is 0. The zero-order valence-corrected chi connectivity index (χ0v) is 19.1. The summed E-state index contributed by atoms with van der Waals surface area (Å²) in [5.41, 5.74) is 2.85. The number of carbonyl (C=O) groups is 2. The van der Waals surface area contributed by atoms with Crippen molar-refractivity contribution in [3.63, 3.8) is 0 Å².